The number of hydrogen-bond acceptors (Lipinski definition) is 4. The number of halogens is 2. The fourth-order valence-electron chi connectivity index (χ4n) is 1.42. The molecule has 0 aliphatic heterocycles. The minimum absolute atomic E-state index is 0.180. The normalized spacial score (nSPS) is 10.4. The highest BCUT2D eigenvalue weighted by Gasteiger charge is 2.18. The maximum atomic E-state index is 11.1. The standard InChI is InChI=1S/C11H8BrClN2O2S/c1-5-9(11(16)17)10(18-15-5)14-8-3-2-6(12)4-7(8)13/h2-4,14H,1H3,(H,16,17). The number of carboxylic acids is 1. The molecule has 0 bridgehead atoms. The summed E-state index contributed by atoms with van der Waals surface area (Å²) < 4.78 is 4.89. The highest BCUT2D eigenvalue weighted by molar-refractivity contribution is 9.10. The highest BCUT2D eigenvalue weighted by Crippen LogP contribution is 2.32. The van der Waals surface area contributed by atoms with Gasteiger partial charge in [-0.05, 0) is 36.7 Å². The minimum Gasteiger partial charge on any atom is -0.478 e. The Kier molecular flexibility index (Phi) is 3.89. The van der Waals surface area contributed by atoms with E-state index in [1.807, 2.05) is 6.07 Å². The van der Waals surface area contributed by atoms with Gasteiger partial charge < -0.3 is 10.4 Å². The smallest absolute Gasteiger partial charge is 0.340 e. The lowest BCUT2D eigenvalue weighted by Gasteiger charge is -2.07. The van der Waals surface area contributed by atoms with Crippen molar-refractivity contribution in [1.29, 1.82) is 0 Å². The first-order valence-electron chi connectivity index (χ1n) is 4.90. The lowest BCUT2D eigenvalue weighted by atomic mass is 10.2. The number of carboxylic acid groups (broad SMARTS) is 1. The first-order valence-corrected chi connectivity index (χ1v) is 6.85. The molecule has 0 saturated carbocycles. The van der Waals surface area contributed by atoms with Crippen molar-refractivity contribution in [3.8, 4) is 0 Å². The topological polar surface area (TPSA) is 62.2 Å². The van der Waals surface area contributed by atoms with Gasteiger partial charge in [-0.2, -0.15) is 4.37 Å². The van der Waals surface area contributed by atoms with Crippen LogP contribution in [0.25, 0.3) is 0 Å². The third-order valence-corrected chi connectivity index (χ3v) is 3.92. The second-order valence-electron chi connectivity index (χ2n) is 3.53. The fraction of sp³-hybridized carbons (Fsp3) is 0.0909. The molecule has 0 amide bonds. The van der Waals surface area contributed by atoms with E-state index in [1.165, 1.54) is 0 Å². The average molecular weight is 348 g/mol. The van der Waals surface area contributed by atoms with E-state index in [-0.39, 0.29) is 5.56 Å². The van der Waals surface area contributed by atoms with Crippen LogP contribution in [0.3, 0.4) is 0 Å². The SMILES string of the molecule is Cc1nsc(Nc2ccc(Br)cc2Cl)c1C(=O)O. The summed E-state index contributed by atoms with van der Waals surface area (Å²) >= 11 is 10.5. The van der Waals surface area contributed by atoms with E-state index in [4.69, 9.17) is 16.7 Å². The molecule has 94 valence electrons. The molecule has 0 aliphatic rings. The molecule has 7 heteroatoms. The van der Waals surface area contributed by atoms with Crippen LogP contribution in [-0.2, 0) is 0 Å². The number of hydrogen-bond donors (Lipinski definition) is 2. The summed E-state index contributed by atoms with van der Waals surface area (Å²) in [7, 11) is 0. The zero-order chi connectivity index (χ0) is 13.3. The van der Waals surface area contributed by atoms with E-state index in [9.17, 15) is 4.79 Å². The number of carbonyl (C=O) groups is 1. The maximum absolute atomic E-state index is 11.1. The van der Waals surface area contributed by atoms with Gasteiger partial charge in [0.25, 0.3) is 0 Å². The van der Waals surface area contributed by atoms with E-state index >= 15 is 0 Å². The van der Waals surface area contributed by atoms with Crippen molar-refractivity contribution in [3.05, 3.63) is 39.0 Å². The van der Waals surface area contributed by atoms with E-state index in [0.717, 1.165) is 16.0 Å². The number of rotatable bonds is 3. The Hall–Kier alpha value is -1.11. The van der Waals surface area contributed by atoms with Gasteiger partial charge >= 0.3 is 5.97 Å². The quantitative estimate of drug-likeness (QED) is 0.868. The molecule has 2 aromatic rings. The number of nitrogens with one attached hydrogen (secondary N) is 1. The molecular weight excluding hydrogens is 340 g/mol. The second kappa shape index (κ2) is 5.26. The van der Waals surface area contributed by atoms with Gasteiger partial charge in [-0.1, -0.05) is 27.5 Å². The number of aromatic carboxylic acids is 1. The molecule has 0 spiro atoms. The molecule has 0 aliphatic carbocycles. The van der Waals surface area contributed by atoms with Gasteiger partial charge in [-0.25, -0.2) is 4.79 Å². The highest BCUT2D eigenvalue weighted by atomic mass is 79.9. The molecule has 2 N–H and O–H groups in total. The van der Waals surface area contributed by atoms with Crippen molar-refractivity contribution < 1.29 is 9.90 Å². The van der Waals surface area contributed by atoms with Crippen LogP contribution in [-0.4, -0.2) is 15.4 Å². The van der Waals surface area contributed by atoms with Crippen molar-refractivity contribution >= 4 is 55.7 Å². The molecule has 0 saturated heterocycles. The van der Waals surface area contributed by atoms with Crippen LogP contribution in [0.5, 0.6) is 0 Å². The predicted molar refractivity (Wildman–Crippen MR) is 76.2 cm³/mol. The van der Waals surface area contributed by atoms with Crippen molar-refractivity contribution in [1.82, 2.24) is 4.37 Å². The van der Waals surface area contributed by atoms with E-state index in [2.05, 4.69) is 25.6 Å². The molecule has 0 atom stereocenters. The van der Waals surface area contributed by atoms with Crippen molar-refractivity contribution in [3.63, 3.8) is 0 Å². The van der Waals surface area contributed by atoms with Crippen LogP contribution in [0.15, 0.2) is 22.7 Å². The lowest BCUT2D eigenvalue weighted by Crippen LogP contribution is -2.01. The van der Waals surface area contributed by atoms with Crippen LogP contribution in [0.1, 0.15) is 16.1 Å². The molecule has 1 aromatic carbocycles. The summed E-state index contributed by atoms with van der Waals surface area (Å²) in [5.41, 5.74) is 1.31. The Morgan fingerprint density at radius 2 is 2.28 bits per heavy atom. The van der Waals surface area contributed by atoms with Gasteiger partial charge in [-0.15, -0.1) is 0 Å². The van der Waals surface area contributed by atoms with Crippen molar-refractivity contribution in [2.75, 3.05) is 5.32 Å². The summed E-state index contributed by atoms with van der Waals surface area (Å²) in [5.74, 6) is -1.00. The van der Waals surface area contributed by atoms with Gasteiger partial charge in [0.1, 0.15) is 10.6 Å². The molecular formula is C11H8BrClN2O2S. The number of benzene rings is 1. The minimum atomic E-state index is -1.00. The molecule has 2 rings (SSSR count). The first-order chi connectivity index (χ1) is 8.49. The van der Waals surface area contributed by atoms with Crippen LogP contribution in [0.2, 0.25) is 5.02 Å². The van der Waals surface area contributed by atoms with E-state index in [0.29, 0.717) is 21.4 Å². The van der Waals surface area contributed by atoms with Gasteiger partial charge in [-0.3, -0.25) is 0 Å². The Labute approximate surface area is 121 Å². The third kappa shape index (κ3) is 2.66. The number of aryl methyl sites for hydroxylation is 1. The summed E-state index contributed by atoms with van der Waals surface area (Å²) in [6, 6.07) is 5.33. The van der Waals surface area contributed by atoms with E-state index < -0.39 is 5.97 Å². The second-order valence-corrected chi connectivity index (χ2v) is 5.62. The molecule has 1 aromatic heterocycles. The zero-order valence-electron chi connectivity index (χ0n) is 9.20. The molecule has 18 heavy (non-hydrogen) atoms. The van der Waals surface area contributed by atoms with Gasteiger partial charge in [0, 0.05) is 4.47 Å². The van der Waals surface area contributed by atoms with Gasteiger partial charge in [0.05, 0.1) is 16.4 Å². The fourth-order valence-corrected chi connectivity index (χ4v) is 2.94. The van der Waals surface area contributed by atoms with Crippen LogP contribution in [0, 0.1) is 6.92 Å². The Morgan fingerprint density at radius 3 is 2.89 bits per heavy atom. The van der Waals surface area contributed by atoms with Crippen LogP contribution < -0.4 is 5.32 Å². The number of nitrogens with zero attached hydrogens (tertiary/aromatic N) is 1. The zero-order valence-corrected chi connectivity index (χ0v) is 12.4. The van der Waals surface area contributed by atoms with Gasteiger partial charge in [0.15, 0.2) is 0 Å². The summed E-state index contributed by atoms with van der Waals surface area (Å²) in [5, 5.41) is 13.1. The third-order valence-electron chi connectivity index (χ3n) is 2.26. The molecule has 0 unspecified atom stereocenters. The molecule has 0 radical (unpaired) electrons. The van der Waals surface area contributed by atoms with Gasteiger partial charge in [0.2, 0.25) is 0 Å². The summed E-state index contributed by atoms with van der Waals surface area (Å²) in [6.07, 6.45) is 0. The predicted octanol–water partition coefficient (Wildman–Crippen LogP) is 4.31. The Balaban J connectivity index is 2.37. The summed E-state index contributed by atoms with van der Waals surface area (Å²) in [6.45, 7) is 1.66. The summed E-state index contributed by atoms with van der Waals surface area (Å²) in [4.78, 5) is 11.1. The Morgan fingerprint density at radius 1 is 1.56 bits per heavy atom. The Bertz CT molecular complexity index is 615. The largest absolute Gasteiger partial charge is 0.478 e. The molecule has 1 heterocycles. The van der Waals surface area contributed by atoms with Crippen LogP contribution >= 0.6 is 39.1 Å². The first kappa shape index (κ1) is 13.3. The number of aromatic nitrogens is 1. The van der Waals surface area contributed by atoms with E-state index in [1.54, 1.807) is 19.1 Å². The average Bonchev–Trinajstić information content (AvgIpc) is 2.64. The monoisotopic (exact) mass is 346 g/mol. The number of anilines is 2. The maximum Gasteiger partial charge on any atom is 0.340 e. The van der Waals surface area contributed by atoms with Crippen molar-refractivity contribution in [2.24, 2.45) is 0 Å². The van der Waals surface area contributed by atoms with Crippen LogP contribution in [0.4, 0.5) is 10.7 Å². The molecule has 0 fully saturated rings. The molecule has 4 nitrogen and oxygen atoms in total. The van der Waals surface area contributed by atoms with Crippen molar-refractivity contribution in [2.45, 2.75) is 6.92 Å². The lowest BCUT2D eigenvalue weighted by molar-refractivity contribution is 0.0697.